The summed E-state index contributed by atoms with van der Waals surface area (Å²) < 4.78 is 0. The number of aliphatic hydroxyl groups is 1. The van der Waals surface area contributed by atoms with Crippen molar-refractivity contribution in [3.05, 3.63) is 28.9 Å². The number of fused-ring (bicyclic) bond motifs is 2. The van der Waals surface area contributed by atoms with E-state index < -0.39 is 5.60 Å². The van der Waals surface area contributed by atoms with Crippen molar-refractivity contribution in [1.82, 2.24) is 20.8 Å². The van der Waals surface area contributed by atoms with E-state index in [-0.39, 0.29) is 12.1 Å². The first-order chi connectivity index (χ1) is 10.5. The predicted octanol–water partition coefficient (Wildman–Crippen LogP) is 1.74. The minimum Gasteiger partial charge on any atom is -0.385 e. The van der Waals surface area contributed by atoms with Crippen molar-refractivity contribution in [2.24, 2.45) is 11.8 Å². The van der Waals surface area contributed by atoms with Gasteiger partial charge in [-0.15, -0.1) is 0 Å². The molecule has 2 aliphatic carbocycles. The van der Waals surface area contributed by atoms with Crippen molar-refractivity contribution in [3.63, 3.8) is 0 Å². The minimum atomic E-state index is -0.900. The van der Waals surface area contributed by atoms with E-state index in [0.717, 1.165) is 16.5 Å². The van der Waals surface area contributed by atoms with Crippen LogP contribution in [0.2, 0.25) is 5.02 Å². The molecule has 1 heterocycles. The van der Waals surface area contributed by atoms with Gasteiger partial charge in [0.1, 0.15) is 0 Å². The lowest BCUT2D eigenvalue weighted by Crippen LogP contribution is -2.38. The number of aromatic nitrogens is 2. The van der Waals surface area contributed by atoms with Crippen LogP contribution in [0.25, 0.3) is 10.9 Å². The maximum Gasteiger partial charge on any atom is 0.314 e. The quantitative estimate of drug-likeness (QED) is 0.679. The number of hydrogen-bond acceptors (Lipinski definition) is 3. The minimum absolute atomic E-state index is 0.164. The Bertz CT molecular complexity index is 747. The largest absolute Gasteiger partial charge is 0.385 e. The van der Waals surface area contributed by atoms with Crippen LogP contribution < -0.4 is 10.6 Å². The van der Waals surface area contributed by atoms with Crippen molar-refractivity contribution in [2.75, 3.05) is 7.05 Å². The van der Waals surface area contributed by atoms with Gasteiger partial charge in [-0.25, -0.2) is 4.79 Å². The second-order valence-electron chi connectivity index (χ2n) is 6.30. The molecule has 0 spiro atoms. The smallest absolute Gasteiger partial charge is 0.314 e. The summed E-state index contributed by atoms with van der Waals surface area (Å²) in [4.78, 5) is 11.4. The van der Waals surface area contributed by atoms with Crippen LogP contribution in [-0.4, -0.2) is 34.4 Å². The summed E-state index contributed by atoms with van der Waals surface area (Å²) in [5, 5.41) is 25.0. The molecule has 2 saturated carbocycles. The highest BCUT2D eigenvalue weighted by molar-refractivity contribution is 6.31. The van der Waals surface area contributed by atoms with Gasteiger partial charge < -0.3 is 15.7 Å². The third kappa shape index (κ3) is 1.98. The molecule has 0 aliphatic heterocycles. The fraction of sp³-hybridized carbons (Fsp3) is 0.467. The summed E-state index contributed by atoms with van der Waals surface area (Å²) in [6.07, 6.45) is 2.99. The van der Waals surface area contributed by atoms with E-state index in [1.165, 1.54) is 0 Å². The average Bonchev–Trinajstić information content (AvgIpc) is 2.86. The molecule has 6 nitrogen and oxygen atoms in total. The Morgan fingerprint density at radius 3 is 2.86 bits per heavy atom. The number of benzene rings is 1. The van der Waals surface area contributed by atoms with E-state index in [4.69, 9.17) is 11.6 Å². The fourth-order valence-electron chi connectivity index (χ4n) is 3.92. The molecule has 22 heavy (non-hydrogen) atoms. The molecule has 2 aliphatic rings. The van der Waals surface area contributed by atoms with Crippen LogP contribution in [0.15, 0.2) is 18.3 Å². The maximum atomic E-state index is 11.4. The number of hydrogen-bond donors (Lipinski definition) is 4. The molecular weight excluding hydrogens is 304 g/mol. The van der Waals surface area contributed by atoms with Gasteiger partial charge in [0.2, 0.25) is 0 Å². The lowest BCUT2D eigenvalue weighted by Gasteiger charge is -2.27. The molecular formula is C15H17ClN4O2. The Hall–Kier alpha value is -1.79. The number of urea groups is 1. The number of carbonyl (C=O) groups is 1. The number of aromatic amines is 1. The number of nitrogens with one attached hydrogen (secondary N) is 3. The van der Waals surface area contributed by atoms with Gasteiger partial charge >= 0.3 is 6.03 Å². The third-order valence-electron chi connectivity index (χ3n) is 5.03. The van der Waals surface area contributed by atoms with E-state index in [0.29, 0.717) is 29.7 Å². The van der Waals surface area contributed by atoms with Gasteiger partial charge in [-0.2, -0.15) is 5.10 Å². The highest BCUT2D eigenvalue weighted by Gasteiger charge is 2.62. The lowest BCUT2D eigenvalue weighted by molar-refractivity contribution is 0.0299. The van der Waals surface area contributed by atoms with E-state index in [2.05, 4.69) is 20.8 Å². The van der Waals surface area contributed by atoms with Crippen LogP contribution in [0.1, 0.15) is 18.4 Å². The number of nitrogens with zero attached hydrogens (tertiary/aromatic N) is 1. The van der Waals surface area contributed by atoms with Gasteiger partial charge in [-0.3, -0.25) is 5.10 Å². The molecule has 0 unspecified atom stereocenters. The second-order valence-corrected chi connectivity index (χ2v) is 6.74. The molecule has 7 heteroatoms. The Morgan fingerprint density at radius 1 is 1.45 bits per heavy atom. The molecule has 0 radical (unpaired) electrons. The van der Waals surface area contributed by atoms with E-state index >= 15 is 0 Å². The highest BCUT2D eigenvalue weighted by Crippen LogP contribution is 2.60. The average molecular weight is 321 g/mol. The summed E-state index contributed by atoms with van der Waals surface area (Å²) in [5.74, 6) is 0.645. The van der Waals surface area contributed by atoms with Crippen LogP contribution in [0, 0.1) is 11.8 Å². The van der Waals surface area contributed by atoms with Crippen molar-refractivity contribution in [3.8, 4) is 0 Å². The Labute approximate surface area is 132 Å². The Morgan fingerprint density at radius 2 is 2.18 bits per heavy atom. The van der Waals surface area contributed by atoms with Gasteiger partial charge in [-0.05, 0) is 42.4 Å². The molecule has 4 N–H and O–H groups in total. The Balaban J connectivity index is 1.60. The standard InChI is InChI=1S/C15H17ClN4O2/c1-17-14(21)19-13-8-4-15(22,5-9(8)13)11-2-7(16)3-12-10(11)6-18-20-12/h2-3,6,8-9,13,22H,4-5H2,1H3,(H,18,20)(H2,17,19,21)/t8-,9+,13+,15-. The van der Waals surface area contributed by atoms with Crippen LogP contribution in [0.3, 0.4) is 0 Å². The molecule has 0 bridgehead atoms. The van der Waals surface area contributed by atoms with Crippen molar-refractivity contribution in [2.45, 2.75) is 24.5 Å². The molecule has 4 rings (SSSR count). The first-order valence-corrected chi connectivity index (χ1v) is 7.73. The zero-order chi connectivity index (χ0) is 15.5. The number of rotatable bonds is 2. The van der Waals surface area contributed by atoms with Crippen LogP contribution in [0.4, 0.5) is 4.79 Å². The van der Waals surface area contributed by atoms with Gasteiger partial charge in [0.05, 0.1) is 17.3 Å². The number of carbonyl (C=O) groups excluding carboxylic acids is 1. The van der Waals surface area contributed by atoms with Crippen LogP contribution >= 0.6 is 11.6 Å². The summed E-state index contributed by atoms with van der Waals surface area (Å²) in [6.45, 7) is 0. The predicted molar refractivity (Wildman–Crippen MR) is 82.6 cm³/mol. The van der Waals surface area contributed by atoms with E-state index in [9.17, 15) is 9.90 Å². The molecule has 2 aromatic rings. The molecule has 0 saturated heterocycles. The maximum absolute atomic E-state index is 11.4. The summed E-state index contributed by atoms with van der Waals surface area (Å²) in [6, 6.07) is 3.63. The summed E-state index contributed by atoms with van der Waals surface area (Å²) in [5.41, 5.74) is 0.759. The monoisotopic (exact) mass is 320 g/mol. The molecule has 2 amide bonds. The van der Waals surface area contributed by atoms with E-state index in [1.807, 2.05) is 12.1 Å². The molecule has 116 valence electrons. The van der Waals surface area contributed by atoms with Gasteiger partial charge in [-0.1, -0.05) is 11.6 Å². The molecule has 1 aromatic heterocycles. The molecule has 1 aromatic carbocycles. The van der Waals surface area contributed by atoms with Crippen LogP contribution in [-0.2, 0) is 5.60 Å². The number of amides is 2. The molecule has 2 fully saturated rings. The van der Waals surface area contributed by atoms with Gasteiger partial charge in [0.15, 0.2) is 0 Å². The fourth-order valence-corrected chi connectivity index (χ4v) is 4.14. The zero-order valence-corrected chi connectivity index (χ0v) is 12.8. The Kier molecular flexibility index (Phi) is 2.90. The normalized spacial score (nSPS) is 32.8. The topological polar surface area (TPSA) is 90.0 Å². The number of halogens is 1. The lowest BCUT2D eigenvalue weighted by atomic mass is 9.86. The summed E-state index contributed by atoms with van der Waals surface area (Å²) >= 11 is 6.16. The first kappa shape index (κ1) is 13.8. The van der Waals surface area contributed by atoms with Gasteiger partial charge in [0, 0.05) is 23.5 Å². The van der Waals surface area contributed by atoms with Gasteiger partial charge in [0.25, 0.3) is 0 Å². The van der Waals surface area contributed by atoms with Crippen molar-refractivity contribution in [1.29, 1.82) is 0 Å². The highest BCUT2D eigenvalue weighted by atomic mass is 35.5. The SMILES string of the molecule is CNC(=O)N[C@H]1[C@@H]2C[C@](O)(c3cc(Cl)cc4[nH]ncc34)C[C@@H]21. The van der Waals surface area contributed by atoms with Crippen molar-refractivity contribution < 1.29 is 9.90 Å². The number of H-pyrrole nitrogens is 1. The zero-order valence-electron chi connectivity index (χ0n) is 12.1. The van der Waals surface area contributed by atoms with E-state index in [1.54, 1.807) is 13.2 Å². The van der Waals surface area contributed by atoms with Crippen molar-refractivity contribution >= 4 is 28.5 Å². The molecule has 4 atom stereocenters. The first-order valence-electron chi connectivity index (χ1n) is 7.35. The second kappa shape index (κ2) is 4.60. The van der Waals surface area contributed by atoms with Crippen LogP contribution in [0.5, 0.6) is 0 Å². The third-order valence-corrected chi connectivity index (χ3v) is 5.25. The summed E-state index contributed by atoms with van der Waals surface area (Å²) in [7, 11) is 1.60.